The first-order valence-corrected chi connectivity index (χ1v) is 8.38. The van der Waals surface area contributed by atoms with Gasteiger partial charge in [-0.2, -0.15) is 0 Å². The summed E-state index contributed by atoms with van der Waals surface area (Å²) in [6.45, 7) is 4.12. The maximum Gasteiger partial charge on any atom is 0.127 e. The van der Waals surface area contributed by atoms with Gasteiger partial charge in [0.15, 0.2) is 0 Å². The van der Waals surface area contributed by atoms with Crippen molar-refractivity contribution in [2.45, 2.75) is 50.9 Å². The Morgan fingerprint density at radius 3 is 3.00 bits per heavy atom. The minimum absolute atomic E-state index is 0.181. The maximum atomic E-state index is 6.20. The van der Waals surface area contributed by atoms with E-state index in [-0.39, 0.29) is 12.2 Å². The van der Waals surface area contributed by atoms with E-state index >= 15 is 0 Å². The predicted octanol–water partition coefficient (Wildman–Crippen LogP) is 3.82. The zero-order valence-electron chi connectivity index (χ0n) is 11.9. The zero-order chi connectivity index (χ0) is 13.9. The van der Waals surface area contributed by atoms with Crippen LogP contribution in [0.25, 0.3) is 0 Å². The Morgan fingerprint density at radius 1 is 1.35 bits per heavy atom. The van der Waals surface area contributed by atoms with Crippen molar-refractivity contribution in [2.75, 3.05) is 13.2 Å². The molecule has 1 saturated heterocycles. The van der Waals surface area contributed by atoms with Crippen LogP contribution in [0.4, 0.5) is 0 Å². The smallest absolute Gasteiger partial charge is 0.127 e. The number of ether oxygens (including phenoxy) is 2. The van der Waals surface area contributed by atoms with Gasteiger partial charge in [0.1, 0.15) is 11.9 Å². The second kappa shape index (κ2) is 6.46. The van der Waals surface area contributed by atoms with Crippen LogP contribution in [-0.4, -0.2) is 25.4 Å². The van der Waals surface area contributed by atoms with E-state index in [0.29, 0.717) is 6.04 Å². The Hall–Kier alpha value is -0.580. The monoisotopic (exact) mass is 339 g/mol. The summed E-state index contributed by atoms with van der Waals surface area (Å²) >= 11 is 3.56. The Kier molecular flexibility index (Phi) is 4.64. The fourth-order valence-corrected chi connectivity index (χ4v) is 3.48. The molecule has 110 valence electrons. The molecule has 2 aliphatic rings. The van der Waals surface area contributed by atoms with E-state index in [1.54, 1.807) is 0 Å². The molecule has 20 heavy (non-hydrogen) atoms. The molecule has 3 nitrogen and oxygen atoms in total. The lowest BCUT2D eigenvalue weighted by molar-refractivity contribution is -0.00446. The largest absolute Gasteiger partial charge is 0.487 e. The summed E-state index contributed by atoms with van der Waals surface area (Å²) in [6, 6.07) is 6.66. The highest BCUT2D eigenvalue weighted by molar-refractivity contribution is 9.10. The lowest BCUT2D eigenvalue weighted by Crippen LogP contribution is -2.40. The number of halogens is 1. The molecule has 3 unspecified atom stereocenters. The van der Waals surface area contributed by atoms with Crippen LogP contribution in [0, 0.1) is 0 Å². The van der Waals surface area contributed by atoms with Gasteiger partial charge in [0, 0.05) is 29.1 Å². The standard InChI is InChI=1S/C16H22BrNO2/c1-2-7-18-13-10-16(15-4-3-8-19-15)20-14-6-5-11(17)9-12(13)14/h5-6,9,13,15-16,18H,2-4,7-8,10H2,1H3. The van der Waals surface area contributed by atoms with Crippen LogP contribution in [0.15, 0.2) is 22.7 Å². The van der Waals surface area contributed by atoms with E-state index in [9.17, 15) is 0 Å². The lowest BCUT2D eigenvalue weighted by Gasteiger charge is -2.35. The first-order valence-electron chi connectivity index (χ1n) is 7.59. The summed E-state index contributed by atoms with van der Waals surface area (Å²) in [6.07, 6.45) is 4.86. The molecule has 1 aromatic carbocycles. The number of benzene rings is 1. The quantitative estimate of drug-likeness (QED) is 0.904. The lowest BCUT2D eigenvalue weighted by atomic mass is 9.93. The summed E-state index contributed by atoms with van der Waals surface area (Å²) in [5.41, 5.74) is 1.27. The molecule has 1 aromatic rings. The minimum Gasteiger partial charge on any atom is -0.487 e. The maximum absolute atomic E-state index is 6.20. The van der Waals surface area contributed by atoms with Crippen molar-refractivity contribution >= 4 is 15.9 Å². The highest BCUT2D eigenvalue weighted by atomic mass is 79.9. The third-order valence-electron chi connectivity index (χ3n) is 4.11. The molecule has 3 rings (SSSR count). The second-order valence-electron chi connectivity index (χ2n) is 5.63. The van der Waals surface area contributed by atoms with E-state index in [0.717, 1.165) is 49.1 Å². The SMILES string of the molecule is CCCNC1CC(C2CCCO2)Oc2ccc(Br)cc21. The normalized spacial score (nSPS) is 29.0. The summed E-state index contributed by atoms with van der Waals surface area (Å²) in [5.74, 6) is 1.01. The molecule has 1 fully saturated rings. The van der Waals surface area contributed by atoms with E-state index in [1.165, 1.54) is 5.56 Å². The number of nitrogens with one attached hydrogen (secondary N) is 1. The van der Waals surface area contributed by atoms with Gasteiger partial charge in [0.2, 0.25) is 0 Å². The van der Waals surface area contributed by atoms with Gasteiger partial charge in [-0.1, -0.05) is 22.9 Å². The van der Waals surface area contributed by atoms with Crippen LogP contribution in [-0.2, 0) is 4.74 Å². The van der Waals surface area contributed by atoms with Gasteiger partial charge in [0.05, 0.1) is 6.10 Å². The Morgan fingerprint density at radius 2 is 2.25 bits per heavy atom. The molecule has 4 heteroatoms. The third kappa shape index (κ3) is 3.02. The fraction of sp³-hybridized carbons (Fsp3) is 0.625. The Labute approximate surface area is 129 Å². The number of rotatable bonds is 4. The van der Waals surface area contributed by atoms with Gasteiger partial charge in [-0.3, -0.25) is 0 Å². The molecular weight excluding hydrogens is 318 g/mol. The van der Waals surface area contributed by atoms with Crippen LogP contribution in [0.5, 0.6) is 5.75 Å². The number of hydrogen-bond acceptors (Lipinski definition) is 3. The van der Waals surface area contributed by atoms with Gasteiger partial charge < -0.3 is 14.8 Å². The number of fused-ring (bicyclic) bond motifs is 1. The first-order chi connectivity index (χ1) is 9.78. The molecule has 0 bridgehead atoms. The molecule has 2 aliphatic heterocycles. The summed E-state index contributed by atoms with van der Waals surface area (Å²) in [5, 5.41) is 3.65. The fourth-order valence-electron chi connectivity index (χ4n) is 3.10. The second-order valence-corrected chi connectivity index (χ2v) is 6.55. The predicted molar refractivity (Wildman–Crippen MR) is 83.2 cm³/mol. The van der Waals surface area contributed by atoms with E-state index in [1.807, 2.05) is 6.07 Å². The van der Waals surface area contributed by atoms with Crippen molar-refractivity contribution in [3.05, 3.63) is 28.2 Å². The van der Waals surface area contributed by atoms with E-state index in [2.05, 4.69) is 40.3 Å². The number of hydrogen-bond donors (Lipinski definition) is 1. The minimum atomic E-state index is 0.181. The van der Waals surface area contributed by atoms with Gasteiger partial charge in [-0.25, -0.2) is 0 Å². The van der Waals surface area contributed by atoms with Crippen molar-refractivity contribution < 1.29 is 9.47 Å². The van der Waals surface area contributed by atoms with Crippen molar-refractivity contribution in [1.82, 2.24) is 5.32 Å². The summed E-state index contributed by atoms with van der Waals surface area (Å²) in [7, 11) is 0. The third-order valence-corrected chi connectivity index (χ3v) is 4.61. The Bertz CT molecular complexity index is 460. The van der Waals surface area contributed by atoms with Crippen molar-refractivity contribution in [3.63, 3.8) is 0 Å². The molecular formula is C16H22BrNO2. The molecule has 1 N–H and O–H groups in total. The van der Waals surface area contributed by atoms with E-state index < -0.39 is 0 Å². The molecule has 0 radical (unpaired) electrons. The average molecular weight is 340 g/mol. The van der Waals surface area contributed by atoms with Crippen molar-refractivity contribution in [1.29, 1.82) is 0 Å². The van der Waals surface area contributed by atoms with E-state index in [4.69, 9.17) is 9.47 Å². The first kappa shape index (κ1) is 14.4. The molecule has 3 atom stereocenters. The van der Waals surface area contributed by atoms with Crippen LogP contribution in [0.2, 0.25) is 0 Å². The van der Waals surface area contributed by atoms with Crippen LogP contribution >= 0.6 is 15.9 Å². The Balaban J connectivity index is 1.82. The van der Waals surface area contributed by atoms with Crippen LogP contribution < -0.4 is 10.1 Å². The van der Waals surface area contributed by atoms with Gasteiger partial charge in [-0.05, 0) is 44.0 Å². The molecule has 2 heterocycles. The summed E-state index contributed by atoms with van der Waals surface area (Å²) in [4.78, 5) is 0. The highest BCUT2D eigenvalue weighted by Crippen LogP contribution is 2.39. The highest BCUT2D eigenvalue weighted by Gasteiger charge is 2.35. The van der Waals surface area contributed by atoms with Crippen molar-refractivity contribution in [3.8, 4) is 5.75 Å². The molecule has 0 spiro atoms. The van der Waals surface area contributed by atoms with Gasteiger partial charge in [-0.15, -0.1) is 0 Å². The molecule has 0 aromatic heterocycles. The van der Waals surface area contributed by atoms with Gasteiger partial charge >= 0.3 is 0 Å². The topological polar surface area (TPSA) is 30.5 Å². The van der Waals surface area contributed by atoms with Gasteiger partial charge in [0.25, 0.3) is 0 Å². The summed E-state index contributed by atoms with van der Waals surface area (Å²) < 4.78 is 13.1. The van der Waals surface area contributed by atoms with Crippen molar-refractivity contribution in [2.24, 2.45) is 0 Å². The molecule has 0 aliphatic carbocycles. The molecule has 0 saturated carbocycles. The molecule has 0 amide bonds. The van der Waals surface area contributed by atoms with Crippen LogP contribution in [0.3, 0.4) is 0 Å². The average Bonchev–Trinajstić information content (AvgIpc) is 2.99. The zero-order valence-corrected chi connectivity index (χ0v) is 13.5. The van der Waals surface area contributed by atoms with Crippen LogP contribution in [0.1, 0.15) is 44.2 Å².